The predicted octanol–water partition coefficient (Wildman–Crippen LogP) is 4.71. The first kappa shape index (κ1) is 25.8. The summed E-state index contributed by atoms with van der Waals surface area (Å²) in [5.74, 6) is 0.751. The number of benzene rings is 1. The van der Waals surface area contributed by atoms with Crippen LogP contribution in [0.25, 0.3) is 0 Å². The summed E-state index contributed by atoms with van der Waals surface area (Å²) in [5.41, 5.74) is 3.69. The van der Waals surface area contributed by atoms with Crippen molar-refractivity contribution in [2.75, 3.05) is 39.5 Å². The molecule has 8 heteroatoms. The van der Waals surface area contributed by atoms with Crippen molar-refractivity contribution in [2.24, 2.45) is 5.41 Å². The van der Waals surface area contributed by atoms with Crippen molar-refractivity contribution in [3.63, 3.8) is 0 Å². The molecule has 7 nitrogen and oxygen atoms in total. The second-order valence-corrected chi connectivity index (χ2v) is 10.9. The van der Waals surface area contributed by atoms with Crippen molar-refractivity contribution in [3.05, 3.63) is 44.7 Å². The minimum atomic E-state index is -0.489. The lowest BCUT2D eigenvalue weighted by Crippen LogP contribution is -2.45. The fourth-order valence-corrected chi connectivity index (χ4v) is 5.87. The Morgan fingerprint density at radius 3 is 2.51 bits per heavy atom. The Balaban J connectivity index is 1.89. The van der Waals surface area contributed by atoms with Crippen molar-refractivity contribution in [1.29, 1.82) is 0 Å². The molecule has 4 rings (SSSR count). The summed E-state index contributed by atoms with van der Waals surface area (Å²) < 4.78 is 18.0. The third kappa shape index (κ3) is 5.14. The zero-order chi connectivity index (χ0) is 25.3. The lowest BCUT2D eigenvalue weighted by atomic mass is 9.68. The molecule has 1 aromatic carbocycles. The smallest absolute Gasteiger partial charge is 0.252 e. The molecule has 0 unspecified atom stereocenters. The summed E-state index contributed by atoms with van der Waals surface area (Å²) >= 11 is 3.66. The van der Waals surface area contributed by atoms with Gasteiger partial charge in [-0.25, -0.2) is 0 Å². The molecule has 1 atom stereocenters. The Kier molecular flexibility index (Phi) is 7.62. The van der Waals surface area contributed by atoms with Crippen LogP contribution in [0, 0.1) is 5.41 Å². The topological polar surface area (TPSA) is 77.1 Å². The van der Waals surface area contributed by atoms with Crippen molar-refractivity contribution in [3.8, 4) is 11.5 Å². The van der Waals surface area contributed by atoms with Gasteiger partial charge in [0.05, 0.1) is 30.9 Å². The second kappa shape index (κ2) is 10.3. The van der Waals surface area contributed by atoms with E-state index in [0.29, 0.717) is 68.6 Å². The number of carbonyl (C=O) groups excluding carboxylic acids is 2. The van der Waals surface area contributed by atoms with Crippen LogP contribution >= 0.6 is 15.9 Å². The van der Waals surface area contributed by atoms with Gasteiger partial charge >= 0.3 is 0 Å². The van der Waals surface area contributed by atoms with Gasteiger partial charge < -0.3 is 24.4 Å². The van der Waals surface area contributed by atoms with Gasteiger partial charge in [-0.15, -0.1) is 0 Å². The molecule has 0 bridgehead atoms. The number of carbonyl (C=O) groups is 2. The standard InChI is InChI=1S/C27H35BrN2O5/c1-6-34-21-13-17(12-18(28)25(21)35-7-2)23-22(26(32)30-8-10-33-11-9-30)16(3)29-19-14-27(4,5)15-20(31)24(19)23/h12-13,23,29H,6-11,14-15H2,1-5H3/t23-/m0/s1. The molecule has 0 saturated carbocycles. The van der Waals surface area contributed by atoms with E-state index < -0.39 is 5.92 Å². The first-order valence-corrected chi connectivity index (χ1v) is 13.2. The molecule has 1 aromatic rings. The Bertz CT molecular complexity index is 1090. The molecule has 1 N–H and O–H groups in total. The minimum absolute atomic E-state index is 0.0598. The van der Waals surface area contributed by atoms with Crippen LogP contribution < -0.4 is 14.8 Å². The lowest BCUT2D eigenvalue weighted by Gasteiger charge is -2.41. The van der Waals surface area contributed by atoms with Gasteiger partial charge in [0.25, 0.3) is 5.91 Å². The first-order chi connectivity index (χ1) is 16.7. The number of hydrogen-bond donors (Lipinski definition) is 1. The number of ketones is 1. The monoisotopic (exact) mass is 546 g/mol. The van der Waals surface area contributed by atoms with E-state index in [1.54, 1.807) is 0 Å². The van der Waals surface area contributed by atoms with E-state index in [1.165, 1.54) is 0 Å². The number of rotatable bonds is 6. The number of ether oxygens (including phenoxy) is 3. The van der Waals surface area contributed by atoms with Crippen molar-refractivity contribution in [2.45, 2.75) is 53.4 Å². The molecular formula is C27H35BrN2O5. The van der Waals surface area contributed by atoms with Crippen LogP contribution in [0.5, 0.6) is 11.5 Å². The molecule has 190 valence electrons. The Hall–Kier alpha value is -2.32. The van der Waals surface area contributed by atoms with Gasteiger partial charge in [0.15, 0.2) is 17.3 Å². The Morgan fingerprint density at radius 1 is 1.17 bits per heavy atom. The van der Waals surface area contributed by atoms with Crippen LogP contribution in [0.2, 0.25) is 0 Å². The average Bonchev–Trinajstić information content (AvgIpc) is 2.79. The first-order valence-electron chi connectivity index (χ1n) is 12.4. The molecule has 1 fully saturated rings. The zero-order valence-corrected chi connectivity index (χ0v) is 22.8. The number of nitrogens with zero attached hydrogens (tertiary/aromatic N) is 1. The summed E-state index contributed by atoms with van der Waals surface area (Å²) in [5, 5.41) is 3.45. The van der Waals surface area contributed by atoms with Crippen LogP contribution in [0.1, 0.15) is 58.9 Å². The maximum Gasteiger partial charge on any atom is 0.252 e. The van der Waals surface area contributed by atoms with Gasteiger partial charge in [-0.1, -0.05) is 13.8 Å². The van der Waals surface area contributed by atoms with Gasteiger partial charge in [0.2, 0.25) is 0 Å². The van der Waals surface area contributed by atoms with Gasteiger partial charge in [-0.05, 0) is 66.2 Å². The number of hydrogen-bond acceptors (Lipinski definition) is 6. The van der Waals surface area contributed by atoms with Crippen LogP contribution in [0.4, 0.5) is 0 Å². The van der Waals surface area contributed by atoms with Gasteiger partial charge in [0.1, 0.15) is 0 Å². The summed E-state index contributed by atoms with van der Waals surface area (Å²) in [6, 6.07) is 3.88. The molecule has 1 amide bonds. The van der Waals surface area contributed by atoms with Crippen molar-refractivity contribution >= 4 is 27.6 Å². The molecule has 2 heterocycles. The molecule has 1 saturated heterocycles. The zero-order valence-electron chi connectivity index (χ0n) is 21.3. The minimum Gasteiger partial charge on any atom is -0.490 e. The Morgan fingerprint density at radius 2 is 1.86 bits per heavy atom. The molecule has 1 aliphatic carbocycles. The number of morpholine rings is 1. The fraction of sp³-hybridized carbons (Fsp3) is 0.556. The number of allylic oxidation sites excluding steroid dienone is 3. The molecule has 0 aromatic heterocycles. The summed E-state index contributed by atoms with van der Waals surface area (Å²) in [6.07, 6.45) is 1.19. The van der Waals surface area contributed by atoms with Crippen LogP contribution in [0.15, 0.2) is 39.1 Å². The normalized spacial score (nSPS) is 22.1. The number of nitrogens with one attached hydrogen (secondary N) is 1. The van der Waals surface area contributed by atoms with Gasteiger partial charge in [-0.2, -0.15) is 0 Å². The summed E-state index contributed by atoms with van der Waals surface area (Å²) in [6.45, 7) is 13.1. The number of Topliss-reactive ketones (excluding diaryl/α,β-unsaturated/α-hetero) is 1. The van der Waals surface area contributed by atoms with Crippen molar-refractivity contribution in [1.82, 2.24) is 10.2 Å². The second-order valence-electron chi connectivity index (χ2n) is 10.0. The average molecular weight is 547 g/mol. The lowest BCUT2D eigenvalue weighted by molar-refractivity contribution is -0.131. The molecule has 35 heavy (non-hydrogen) atoms. The fourth-order valence-electron chi connectivity index (χ4n) is 5.29. The summed E-state index contributed by atoms with van der Waals surface area (Å²) in [7, 11) is 0. The number of halogens is 1. The molecule has 0 spiro atoms. The van der Waals surface area contributed by atoms with E-state index >= 15 is 0 Å². The van der Waals surface area contributed by atoms with E-state index in [9.17, 15) is 9.59 Å². The van der Waals surface area contributed by atoms with Crippen LogP contribution in [0.3, 0.4) is 0 Å². The highest BCUT2D eigenvalue weighted by molar-refractivity contribution is 9.10. The molecule has 3 aliphatic rings. The van der Waals surface area contributed by atoms with Gasteiger partial charge in [-0.3, -0.25) is 9.59 Å². The third-order valence-electron chi connectivity index (χ3n) is 6.72. The van der Waals surface area contributed by atoms with E-state index in [1.807, 2.05) is 37.8 Å². The quantitative estimate of drug-likeness (QED) is 0.556. The number of dihydropyridines is 1. The van der Waals surface area contributed by atoms with E-state index in [0.717, 1.165) is 27.9 Å². The molecular weight excluding hydrogens is 512 g/mol. The Labute approximate surface area is 216 Å². The largest absolute Gasteiger partial charge is 0.490 e. The van der Waals surface area contributed by atoms with E-state index in [-0.39, 0.29) is 17.1 Å². The number of amides is 1. The highest BCUT2D eigenvalue weighted by Crippen LogP contribution is 2.49. The maximum absolute atomic E-state index is 13.9. The molecule has 0 radical (unpaired) electrons. The highest BCUT2D eigenvalue weighted by atomic mass is 79.9. The van der Waals surface area contributed by atoms with Crippen LogP contribution in [-0.4, -0.2) is 56.1 Å². The third-order valence-corrected chi connectivity index (χ3v) is 7.31. The van der Waals surface area contributed by atoms with Crippen LogP contribution in [-0.2, 0) is 14.3 Å². The maximum atomic E-state index is 13.9. The molecule has 2 aliphatic heterocycles. The highest BCUT2D eigenvalue weighted by Gasteiger charge is 2.44. The van der Waals surface area contributed by atoms with E-state index in [2.05, 4.69) is 35.1 Å². The van der Waals surface area contributed by atoms with Crippen molar-refractivity contribution < 1.29 is 23.8 Å². The SMILES string of the molecule is CCOc1cc([C@H]2C(C(=O)N3CCOCC3)=C(C)NC3=C2C(=O)CC(C)(C)C3)cc(Br)c1OCC. The summed E-state index contributed by atoms with van der Waals surface area (Å²) in [4.78, 5) is 29.3. The van der Waals surface area contributed by atoms with Gasteiger partial charge in [0, 0.05) is 48.0 Å². The predicted molar refractivity (Wildman–Crippen MR) is 138 cm³/mol. The van der Waals surface area contributed by atoms with E-state index in [4.69, 9.17) is 14.2 Å².